The summed E-state index contributed by atoms with van der Waals surface area (Å²) in [4.78, 5) is 20.3. The zero-order chi connectivity index (χ0) is 12.4. The Morgan fingerprint density at radius 2 is 1.31 bits per heavy atom. The first-order chi connectivity index (χ1) is 7.52. The van der Waals surface area contributed by atoms with E-state index in [-0.39, 0.29) is 25.9 Å². The molecule has 0 saturated heterocycles. The van der Waals surface area contributed by atoms with Crippen LogP contribution in [0.1, 0.15) is 12.8 Å². The number of aliphatic carboxylic acids is 2. The lowest BCUT2D eigenvalue weighted by atomic mass is 10.3. The van der Waals surface area contributed by atoms with Crippen LogP contribution in [0, 0.1) is 0 Å². The molecule has 0 aliphatic heterocycles. The van der Waals surface area contributed by atoms with E-state index >= 15 is 0 Å². The second-order valence-electron chi connectivity index (χ2n) is 3.35. The normalized spacial score (nSPS) is 10.6. The van der Waals surface area contributed by atoms with Crippen LogP contribution in [0.5, 0.6) is 0 Å². The summed E-state index contributed by atoms with van der Waals surface area (Å²) in [5, 5.41) is 31.6. The third-order valence-corrected chi connectivity index (χ3v) is 1.79. The lowest BCUT2D eigenvalue weighted by Crippen LogP contribution is -2.36. The van der Waals surface area contributed by atoms with Crippen LogP contribution in [0.4, 0.5) is 0 Å². The van der Waals surface area contributed by atoms with Crippen molar-refractivity contribution >= 4 is 11.9 Å². The molecule has 0 saturated carbocycles. The van der Waals surface area contributed by atoms with Crippen molar-refractivity contribution in [2.75, 3.05) is 26.2 Å². The van der Waals surface area contributed by atoms with Gasteiger partial charge in [0, 0.05) is 26.2 Å². The molecule has 0 aliphatic rings. The summed E-state index contributed by atoms with van der Waals surface area (Å²) < 4.78 is 0. The van der Waals surface area contributed by atoms with Crippen LogP contribution in [0.2, 0.25) is 0 Å². The molecule has 0 heterocycles. The summed E-state index contributed by atoms with van der Waals surface area (Å²) in [7, 11) is 0. The number of carbonyl (C=O) groups is 2. The molecule has 7 nitrogen and oxygen atoms in total. The molecule has 16 heavy (non-hydrogen) atoms. The number of rotatable bonds is 10. The van der Waals surface area contributed by atoms with Gasteiger partial charge in [0.25, 0.3) is 0 Å². The molecule has 0 atom stereocenters. The van der Waals surface area contributed by atoms with Crippen LogP contribution < -0.4 is 10.6 Å². The van der Waals surface area contributed by atoms with Crippen molar-refractivity contribution in [1.29, 1.82) is 0 Å². The largest absolute Gasteiger partial charge is 0.481 e. The van der Waals surface area contributed by atoms with E-state index in [9.17, 15) is 14.7 Å². The molecule has 5 N–H and O–H groups in total. The summed E-state index contributed by atoms with van der Waals surface area (Å²) >= 11 is 0. The first kappa shape index (κ1) is 14.8. The molecule has 7 heteroatoms. The zero-order valence-corrected chi connectivity index (χ0v) is 8.98. The van der Waals surface area contributed by atoms with E-state index in [4.69, 9.17) is 10.2 Å². The van der Waals surface area contributed by atoms with Gasteiger partial charge in [0.05, 0.1) is 18.9 Å². The van der Waals surface area contributed by atoms with Gasteiger partial charge < -0.3 is 26.0 Å². The highest BCUT2D eigenvalue weighted by atomic mass is 16.4. The highest BCUT2D eigenvalue weighted by molar-refractivity contribution is 5.67. The van der Waals surface area contributed by atoms with E-state index in [0.29, 0.717) is 13.1 Å². The standard InChI is InChI=1S/C9H18N2O5/c12-7(5-10-3-1-8(13)14)6-11-4-2-9(15)16/h7,10-12H,1-6H2,(H,13,14)(H,15,16). The smallest absolute Gasteiger partial charge is 0.304 e. The maximum Gasteiger partial charge on any atom is 0.304 e. The summed E-state index contributed by atoms with van der Waals surface area (Å²) in [6, 6.07) is 0. The lowest BCUT2D eigenvalue weighted by molar-refractivity contribution is -0.137. The Morgan fingerprint density at radius 3 is 1.62 bits per heavy atom. The Balaban J connectivity index is 3.27. The molecule has 0 aliphatic carbocycles. The minimum absolute atomic E-state index is 0.0131. The fourth-order valence-electron chi connectivity index (χ4n) is 1.00. The number of aliphatic hydroxyl groups excluding tert-OH is 1. The van der Waals surface area contributed by atoms with Crippen molar-refractivity contribution in [2.45, 2.75) is 18.9 Å². The van der Waals surface area contributed by atoms with Crippen molar-refractivity contribution in [3.05, 3.63) is 0 Å². The number of nitrogens with one attached hydrogen (secondary N) is 2. The third kappa shape index (κ3) is 10.9. The number of carboxylic acid groups (broad SMARTS) is 2. The van der Waals surface area contributed by atoms with Crippen LogP contribution in [-0.4, -0.2) is 59.5 Å². The van der Waals surface area contributed by atoms with Gasteiger partial charge in [-0.1, -0.05) is 0 Å². The predicted octanol–water partition coefficient (Wildman–Crippen LogP) is -1.52. The van der Waals surface area contributed by atoms with E-state index < -0.39 is 18.0 Å². The Kier molecular flexibility index (Phi) is 8.41. The van der Waals surface area contributed by atoms with Crippen LogP contribution in [0.15, 0.2) is 0 Å². The number of aliphatic hydroxyl groups is 1. The highest BCUT2D eigenvalue weighted by Gasteiger charge is 2.04. The second kappa shape index (κ2) is 9.08. The topological polar surface area (TPSA) is 119 Å². The molecule has 0 amide bonds. The van der Waals surface area contributed by atoms with E-state index in [1.54, 1.807) is 0 Å². The summed E-state index contributed by atoms with van der Waals surface area (Å²) in [5.74, 6) is -1.77. The Bertz CT molecular complexity index is 200. The van der Waals surface area contributed by atoms with E-state index in [1.807, 2.05) is 0 Å². The molecular formula is C9H18N2O5. The van der Waals surface area contributed by atoms with Gasteiger partial charge in [-0.2, -0.15) is 0 Å². The van der Waals surface area contributed by atoms with Crippen LogP contribution >= 0.6 is 0 Å². The predicted molar refractivity (Wildman–Crippen MR) is 56.3 cm³/mol. The van der Waals surface area contributed by atoms with Crippen molar-refractivity contribution < 1.29 is 24.9 Å². The van der Waals surface area contributed by atoms with E-state index in [2.05, 4.69) is 10.6 Å². The average molecular weight is 234 g/mol. The quantitative estimate of drug-likeness (QED) is 0.291. The Hall–Kier alpha value is -1.18. The minimum Gasteiger partial charge on any atom is -0.481 e. The average Bonchev–Trinajstić information content (AvgIpc) is 2.19. The highest BCUT2D eigenvalue weighted by Crippen LogP contribution is 1.81. The van der Waals surface area contributed by atoms with Crippen molar-refractivity contribution in [2.24, 2.45) is 0 Å². The summed E-state index contributed by atoms with van der Waals surface area (Å²) in [6.07, 6.45) is -0.624. The SMILES string of the molecule is O=C(O)CCNCC(O)CNCCC(=O)O. The van der Waals surface area contributed by atoms with Gasteiger partial charge in [-0.25, -0.2) is 0 Å². The molecule has 0 rings (SSSR count). The number of carboxylic acids is 2. The number of hydrogen-bond acceptors (Lipinski definition) is 5. The van der Waals surface area contributed by atoms with Crippen LogP contribution in [0.3, 0.4) is 0 Å². The summed E-state index contributed by atoms with van der Waals surface area (Å²) in [5.41, 5.74) is 0. The van der Waals surface area contributed by atoms with Gasteiger partial charge in [0.15, 0.2) is 0 Å². The van der Waals surface area contributed by atoms with Crippen LogP contribution in [-0.2, 0) is 9.59 Å². The monoisotopic (exact) mass is 234 g/mol. The van der Waals surface area contributed by atoms with E-state index in [1.165, 1.54) is 0 Å². The number of hydrogen-bond donors (Lipinski definition) is 5. The Labute approximate surface area is 93.5 Å². The maximum absolute atomic E-state index is 10.1. The molecule has 0 spiro atoms. The molecule has 94 valence electrons. The van der Waals surface area contributed by atoms with Gasteiger partial charge in [-0.05, 0) is 0 Å². The molecule has 0 unspecified atom stereocenters. The molecule has 0 fully saturated rings. The fraction of sp³-hybridized carbons (Fsp3) is 0.778. The zero-order valence-electron chi connectivity index (χ0n) is 8.98. The fourth-order valence-corrected chi connectivity index (χ4v) is 1.00. The first-order valence-corrected chi connectivity index (χ1v) is 5.05. The van der Waals surface area contributed by atoms with Gasteiger partial charge in [-0.3, -0.25) is 9.59 Å². The lowest BCUT2D eigenvalue weighted by Gasteiger charge is -2.11. The molecular weight excluding hydrogens is 216 g/mol. The van der Waals surface area contributed by atoms with Gasteiger partial charge in [-0.15, -0.1) is 0 Å². The van der Waals surface area contributed by atoms with Crippen molar-refractivity contribution in [1.82, 2.24) is 10.6 Å². The third-order valence-electron chi connectivity index (χ3n) is 1.79. The van der Waals surface area contributed by atoms with Gasteiger partial charge in [0.2, 0.25) is 0 Å². The van der Waals surface area contributed by atoms with Crippen molar-refractivity contribution in [3.8, 4) is 0 Å². The minimum atomic E-state index is -0.887. The van der Waals surface area contributed by atoms with Gasteiger partial charge in [0.1, 0.15) is 0 Å². The van der Waals surface area contributed by atoms with Crippen LogP contribution in [0.25, 0.3) is 0 Å². The second-order valence-corrected chi connectivity index (χ2v) is 3.35. The molecule has 0 aromatic heterocycles. The molecule has 0 aromatic carbocycles. The first-order valence-electron chi connectivity index (χ1n) is 5.05. The molecule has 0 radical (unpaired) electrons. The maximum atomic E-state index is 10.1. The molecule has 0 aromatic rings. The van der Waals surface area contributed by atoms with Crippen molar-refractivity contribution in [3.63, 3.8) is 0 Å². The van der Waals surface area contributed by atoms with E-state index in [0.717, 1.165) is 0 Å². The Morgan fingerprint density at radius 1 is 0.938 bits per heavy atom. The molecule has 0 bridgehead atoms. The summed E-state index contributed by atoms with van der Waals surface area (Å²) in [6.45, 7) is 1.18. The van der Waals surface area contributed by atoms with Gasteiger partial charge >= 0.3 is 11.9 Å².